The van der Waals surface area contributed by atoms with Crippen LogP contribution in [0.2, 0.25) is 0 Å². The lowest BCUT2D eigenvalue weighted by Crippen LogP contribution is -2.24. The Hall–Kier alpha value is -0.970. The number of hydrogen-bond donors (Lipinski definition) is 2. The molecule has 1 rings (SSSR count). The van der Waals surface area contributed by atoms with E-state index in [2.05, 4.69) is 10.6 Å². The quantitative estimate of drug-likeness (QED) is 0.660. The van der Waals surface area contributed by atoms with E-state index in [1.54, 1.807) is 20.1 Å². The second kappa shape index (κ2) is 9.03. The molecule has 0 radical (unpaired) electrons. The van der Waals surface area contributed by atoms with Crippen molar-refractivity contribution in [1.29, 1.82) is 0 Å². The van der Waals surface area contributed by atoms with Crippen molar-refractivity contribution in [1.82, 2.24) is 10.6 Å². The fourth-order valence-electron chi connectivity index (χ4n) is 1.71. The van der Waals surface area contributed by atoms with E-state index in [9.17, 15) is 4.39 Å². The van der Waals surface area contributed by atoms with Crippen molar-refractivity contribution in [2.75, 3.05) is 33.4 Å². The van der Waals surface area contributed by atoms with E-state index < -0.39 is 0 Å². The van der Waals surface area contributed by atoms with Crippen LogP contribution in [0.3, 0.4) is 0 Å². The van der Waals surface area contributed by atoms with Crippen molar-refractivity contribution in [3.8, 4) is 0 Å². The van der Waals surface area contributed by atoms with Crippen LogP contribution in [0.15, 0.2) is 18.2 Å². The molecule has 0 atom stereocenters. The minimum absolute atomic E-state index is 0.0942. The first kappa shape index (κ1) is 15.1. The average molecular weight is 254 g/mol. The summed E-state index contributed by atoms with van der Waals surface area (Å²) >= 11 is 0. The van der Waals surface area contributed by atoms with Gasteiger partial charge in [0.15, 0.2) is 0 Å². The van der Waals surface area contributed by atoms with Crippen molar-refractivity contribution >= 4 is 0 Å². The fourth-order valence-corrected chi connectivity index (χ4v) is 1.71. The van der Waals surface area contributed by atoms with Crippen LogP contribution in [0, 0.1) is 12.7 Å². The Kier molecular flexibility index (Phi) is 7.57. The van der Waals surface area contributed by atoms with Gasteiger partial charge >= 0.3 is 0 Å². The maximum atomic E-state index is 13.7. The molecule has 0 aromatic heterocycles. The highest BCUT2D eigenvalue weighted by molar-refractivity contribution is 5.24. The summed E-state index contributed by atoms with van der Waals surface area (Å²) in [6.07, 6.45) is 1.02. The van der Waals surface area contributed by atoms with E-state index in [-0.39, 0.29) is 5.82 Å². The second-order valence-electron chi connectivity index (χ2n) is 4.32. The summed E-state index contributed by atoms with van der Waals surface area (Å²) < 4.78 is 18.6. The largest absolute Gasteiger partial charge is 0.383 e. The van der Waals surface area contributed by atoms with Gasteiger partial charge in [-0.2, -0.15) is 0 Å². The van der Waals surface area contributed by atoms with Crippen molar-refractivity contribution in [3.63, 3.8) is 0 Å². The van der Waals surface area contributed by atoms with Gasteiger partial charge in [0.1, 0.15) is 5.82 Å². The van der Waals surface area contributed by atoms with Crippen molar-refractivity contribution in [2.45, 2.75) is 19.9 Å². The van der Waals surface area contributed by atoms with Crippen LogP contribution >= 0.6 is 0 Å². The van der Waals surface area contributed by atoms with E-state index >= 15 is 0 Å². The van der Waals surface area contributed by atoms with Crippen LogP contribution in [0.25, 0.3) is 0 Å². The lowest BCUT2D eigenvalue weighted by atomic mass is 10.1. The molecule has 1 aromatic rings. The molecule has 4 heteroatoms. The van der Waals surface area contributed by atoms with Gasteiger partial charge in [0, 0.05) is 25.8 Å². The Morgan fingerprint density at radius 2 is 1.94 bits per heavy atom. The van der Waals surface area contributed by atoms with Crippen molar-refractivity contribution < 1.29 is 9.13 Å². The molecule has 2 N–H and O–H groups in total. The molecular formula is C14H23FN2O. The van der Waals surface area contributed by atoms with E-state index in [1.165, 1.54) is 0 Å². The maximum absolute atomic E-state index is 13.7. The third-order valence-corrected chi connectivity index (χ3v) is 2.78. The topological polar surface area (TPSA) is 33.3 Å². The Balaban J connectivity index is 2.09. The van der Waals surface area contributed by atoms with Gasteiger partial charge < -0.3 is 15.4 Å². The molecule has 0 saturated heterocycles. The van der Waals surface area contributed by atoms with Crippen LogP contribution in [0.1, 0.15) is 17.5 Å². The van der Waals surface area contributed by atoms with E-state index in [4.69, 9.17) is 4.74 Å². The number of nitrogens with one attached hydrogen (secondary N) is 2. The molecule has 0 heterocycles. The summed E-state index contributed by atoms with van der Waals surface area (Å²) in [5, 5.41) is 6.52. The number of hydrogen-bond acceptors (Lipinski definition) is 3. The zero-order valence-electron chi connectivity index (χ0n) is 11.3. The van der Waals surface area contributed by atoms with Crippen LogP contribution in [-0.4, -0.2) is 33.4 Å². The van der Waals surface area contributed by atoms with Gasteiger partial charge in [-0.05, 0) is 32.0 Å². The minimum Gasteiger partial charge on any atom is -0.383 e. The molecule has 0 fully saturated rings. The lowest BCUT2D eigenvalue weighted by molar-refractivity contribution is 0.199. The second-order valence-corrected chi connectivity index (χ2v) is 4.32. The van der Waals surface area contributed by atoms with Gasteiger partial charge in [0.05, 0.1) is 6.61 Å². The number of benzene rings is 1. The summed E-state index contributed by atoms with van der Waals surface area (Å²) in [4.78, 5) is 0. The first-order chi connectivity index (χ1) is 8.75. The van der Waals surface area contributed by atoms with Gasteiger partial charge in [-0.1, -0.05) is 18.2 Å². The molecule has 18 heavy (non-hydrogen) atoms. The maximum Gasteiger partial charge on any atom is 0.130 e. The molecule has 0 spiro atoms. The standard InChI is InChI=1S/C14H23FN2O/c1-12-5-3-6-13(14(12)15)11-17-8-4-7-16-9-10-18-2/h3,5-6,16-17H,4,7-11H2,1-2H3. The summed E-state index contributed by atoms with van der Waals surface area (Å²) in [6, 6.07) is 5.51. The third kappa shape index (κ3) is 5.58. The highest BCUT2D eigenvalue weighted by atomic mass is 19.1. The molecule has 0 amide bonds. The number of methoxy groups -OCH3 is 1. The molecule has 0 bridgehead atoms. The molecule has 1 aromatic carbocycles. The smallest absolute Gasteiger partial charge is 0.130 e. The van der Waals surface area contributed by atoms with Gasteiger partial charge in [-0.3, -0.25) is 0 Å². The fraction of sp³-hybridized carbons (Fsp3) is 0.571. The summed E-state index contributed by atoms with van der Waals surface area (Å²) in [7, 11) is 1.69. The summed E-state index contributed by atoms with van der Waals surface area (Å²) in [5.74, 6) is -0.0942. The van der Waals surface area contributed by atoms with Gasteiger partial charge in [-0.25, -0.2) is 4.39 Å². The Labute approximate surface area is 109 Å². The summed E-state index contributed by atoms with van der Waals surface area (Å²) in [6.45, 7) is 5.83. The normalized spacial score (nSPS) is 10.8. The van der Waals surface area contributed by atoms with Crippen LogP contribution in [0.5, 0.6) is 0 Å². The zero-order valence-corrected chi connectivity index (χ0v) is 11.3. The molecule has 0 aliphatic rings. The first-order valence-electron chi connectivity index (χ1n) is 6.40. The number of ether oxygens (including phenoxy) is 1. The van der Waals surface area contributed by atoms with Crippen LogP contribution < -0.4 is 10.6 Å². The zero-order chi connectivity index (χ0) is 13.2. The molecular weight excluding hydrogens is 231 g/mol. The predicted octanol–water partition coefficient (Wildman–Crippen LogP) is 1.85. The average Bonchev–Trinajstić information content (AvgIpc) is 2.37. The van der Waals surface area contributed by atoms with Crippen LogP contribution in [-0.2, 0) is 11.3 Å². The van der Waals surface area contributed by atoms with E-state index in [1.807, 2.05) is 12.1 Å². The molecule has 102 valence electrons. The minimum atomic E-state index is -0.0942. The van der Waals surface area contributed by atoms with E-state index in [0.717, 1.165) is 38.2 Å². The molecule has 0 aliphatic carbocycles. The Bertz CT molecular complexity index is 345. The highest BCUT2D eigenvalue weighted by Crippen LogP contribution is 2.11. The predicted molar refractivity (Wildman–Crippen MR) is 72.2 cm³/mol. The molecule has 0 saturated carbocycles. The number of aryl methyl sites for hydroxylation is 1. The number of halogens is 1. The molecule has 3 nitrogen and oxygen atoms in total. The monoisotopic (exact) mass is 254 g/mol. The third-order valence-electron chi connectivity index (χ3n) is 2.78. The molecule has 0 unspecified atom stereocenters. The Morgan fingerprint density at radius 1 is 1.17 bits per heavy atom. The van der Waals surface area contributed by atoms with Crippen LogP contribution in [0.4, 0.5) is 4.39 Å². The van der Waals surface area contributed by atoms with Gasteiger partial charge in [0.2, 0.25) is 0 Å². The SMILES string of the molecule is COCCNCCCNCc1cccc(C)c1F. The van der Waals surface area contributed by atoms with Crippen molar-refractivity contribution in [2.24, 2.45) is 0 Å². The first-order valence-corrected chi connectivity index (χ1v) is 6.40. The van der Waals surface area contributed by atoms with Crippen molar-refractivity contribution in [3.05, 3.63) is 35.1 Å². The van der Waals surface area contributed by atoms with Gasteiger partial charge in [-0.15, -0.1) is 0 Å². The lowest BCUT2D eigenvalue weighted by Gasteiger charge is -2.08. The summed E-state index contributed by atoms with van der Waals surface area (Å²) in [5.41, 5.74) is 1.44. The molecule has 0 aliphatic heterocycles. The number of rotatable bonds is 9. The van der Waals surface area contributed by atoms with E-state index in [0.29, 0.717) is 12.1 Å². The Morgan fingerprint density at radius 3 is 2.72 bits per heavy atom. The highest BCUT2D eigenvalue weighted by Gasteiger charge is 2.03. The van der Waals surface area contributed by atoms with Gasteiger partial charge in [0.25, 0.3) is 0 Å².